The van der Waals surface area contributed by atoms with E-state index >= 15 is 0 Å². The van der Waals surface area contributed by atoms with Crippen LogP contribution in [-0.4, -0.2) is 7.05 Å². The van der Waals surface area contributed by atoms with Gasteiger partial charge in [0.25, 0.3) is 0 Å². The highest BCUT2D eigenvalue weighted by atomic mass is 31.0. The molecule has 1 rings (SSSR count). The highest BCUT2D eigenvalue weighted by Crippen LogP contribution is 2.17. The zero-order valence-electron chi connectivity index (χ0n) is 10.6. The Morgan fingerprint density at radius 3 is 2.67 bits per heavy atom. The molecule has 0 radical (unpaired) electrons. The fourth-order valence-corrected chi connectivity index (χ4v) is 1.64. The van der Waals surface area contributed by atoms with E-state index in [9.17, 15) is 4.39 Å². The molecular weight excluding hydrogens is 246 g/mol. The molecule has 0 saturated heterocycles. The quantitative estimate of drug-likeness (QED) is 0.647. The smallest absolute Gasteiger partial charge is 0.131 e. The van der Waals surface area contributed by atoms with Crippen LogP contribution in [0.15, 0.2) is 48.3 Å². The predicted molar refractivity (Wildman–Crippen MR) is 79.9 cm³/mol. The van der Waals surface area contributed by atoms with Crippen molar-refractivity contribution in [3.05, 3.63) is 59.7 Å². The molecule has 0 heterocycles. The van der Waals surface area contributed by atoms with Crippen molar-refractivity contribution in [2.75, 3.05) is 7.05 Å². The normalized spacial score (nSPS) is 12.4. The summed E-state index contributed by atoms with van der Waals surface area (Å²) in [4.78, 5) is 0. The van der Waals surface area contributed by atoms with Gasteiger partial charge in [-0.05, 0) is 29.9 Å². The molecule has 2 nitrogen and oxygen atoms in total. The van der Waals surface area contributed by atoms with Gasteiger partial charge in [0.2, 0.25) is 0 Å². The third-order valence-electron chi connectivity index (χ3n) is 2.58. The van der Waals surface area contributed by atoms with Crippen molar-refractivity contribution >= 4 is 20.1 Å². The minimum absolute atomic E-state index is 0.240. The topological polar surface area (TPSA) is 38.0 Å². The SMILES string of the molecule is C=C(NC)/C(N)=C\C=C(/C)c1ccc(P)cc1F. The van der Waals surface area contributed by atoms with Crippen LogP contribution in [0.5, 0.6) is 0 Å². The molecule has 1 atom stereocenters. The van der Waals surface area contributed by atoms with E-state index in [1.807, 2.05) is 13.0 Å². The molecule has 0 saturated carbocycles. The van der Waals surface area contributed by atoms with Crippen molar-refractivity contribution in [2.45, 2.75) is 6.92 Å². The molecule has 4 heteroatoms. The van der Waals surface area contributed by atoms with Crippen molar-refractivity contribution in [1.29, 1.82) is 0 Å². The van der Waals surface area contributed by atoms with Crippen LogP contribution in [0, 0.1) is 5.82 Å². The molecule has 0 aromatic heterocycles. The highest BCUT2D eigenvalue weighted by molar-refractivity contribution is 7.27. The molecule has 0 spiro atoms. The number of halogens is 1. The van der Waals surface area contributed by atoms with Gasteiger partial charge in [-0.25, -0.2) is 4.39 Å². The first-order valence-electron chi connectivity index (χ1n) is 5.52. The molecule has 0 aliphatic heterocycles. The summed E-state index contributed by atoms with van der Waals surface area (Å²) in [6.07, 6.45) is 3.49. The van der Waals surface area contributed by atoms with E-state index in [0.29, 0.717) is 17.0 Å². The number of allylic oxidation sites excluding steroid dienone is 3. The number of nitrogens with one attached hydrogen (secondary N) is 1. The molecule has 0 amide bonds. The first kappa shape index (κ1) is 14.5. The lowest BCUT2D eigenvalue weighted by atomic mass is 10.1. The Hall–Kier alpha value is -1.60. The van der Waals surface area contributed by atoms with E-state index in [0.717, 1.165) is 10.9 Å². The molecule has 3 N–H and O–H groups in total. The van der Waals surface area contributed by atoms with Crippen LogP contribution >= 0.6 is 9.24 Å². The number of likely N-dealkylation sites (N-methyl/N-ethyl adjacent to an activating group) is 1. The number of nitrogens with two attached hydrogens (primary N) is 1. The molecule has 96 valence electrons. The Labute approximate surface area is 110 Å². The minimum Gasteiger partial charge on any atom is -0.397 e. The number of benzene rings is 1. The fourth-order valence-electron chi connectivity index (χ4n) is 1.40. The van der Waals surface area contributed by atoms with Gasteiger partial charge < -0.3 is 11.1 Å². The van der Waals surface area contributed by atoms with Crippen molar-refractivity contribution < 1.29 is 4.39 Å². The van der Waals surface area contributed by atoms with Gasteiger partial charge in [-0.15, -0.1) is 9.24 Å². The van der Waals surface area contributed by atoms with Crippen molar-refractivity contribution in [2.24, 2.45) is 5.73 Å². The zero-order valence-corrected chi connectivity index (χ0v) is 11.8. The van der Waals surface area contributed by atoms with Gasteiger partial charge in [-0.1, -0.05) is 24.8 Å². The second kappa shape index (κ2) is 6.36. The molecular formula is C14H18FN2P. The van der Waals surface area contributed by atoms with E-state index in [-0.39, 0.29) is 5.82 Å². The number of hydrogen-bond donors (Lipinski definition) is 2. The molecule has 0 bridgehead atoms. The van der Waals surface area contributed by atoms with Crippen molar-refractivity contribution in [3.63, 3.8) is 0 Å². The lowest BCUT2D eigenvalue weighted by Crippen LogP contribution is -2.12. The Bertz CT molecular complexity index is 519. The van der Waals surface area contributed by atoms with Crippen LogP contribution in [0.1, 0.15) is 12.5 Å². The molecule has 0 aliphatic rings. The molecule has 1 aromatic rings. The van der Waals surface area contributed by atoms with Gasteiger partial charge in [0.05, 0.1) is 5.70 Å². The first-order valence-corrected chi connectivity index (χ1v) is 6.10. The van der Waals surface area contributed by atoms with Gasteiger partial charge in [0.15, 0.2) is 0 Å². The van der Waals surface area contributed by atoms with E-state index in [1.165, 1.54) is 6.07 Å². The fraction of sp³-hybridized carbons (Fsp3) is 0.143. The summed E-state index contributed by atoms with van der Waals surface area (Å²) in [6, 6.07) is 5.08. The van der Waals surface area contributed by atoms with Gasteiger partial charge in [-0.2, -0.15) is 0 Å². The van der Waals surface area contributed by atoms with Crippen molar-refractivity contribution in [3.8, 4) is 0 Å². The summed E-state index contributed by atoms with van der Waals surface area (Å²) in [6.45, 7) is 5.58. The maximum atomic E-state index is 13.7. The van der Waals surface area contributed by atoms with E-state index in [4.69, 9.17) is 5.73 Å². The molecule has 0 aliphatic carbocycles. The summed E-state index contributed by atoms with van der Waals surface area (Å²) in [5.74, 6) is -0.240. The Morgan fingerprint density at radius 1 is 1.44 bits per heavy atom. The van der Waals surface area contributed by atoms with Gasteiger partial charge in [0, 0.05) is 18.3 Å². The van der Waals surface area contributed by atoms with Crippen LogP contribution in [0.3, 0.4) is 0 Å². The largest absolute Gasteiger partial charge is 0.397 e. The van der Waals surface area contributed by atoms with Crippen LogP contribution in [0.2, 0.25) is 0 Å². The summed E-state index contributed by atoms with van der Waals surface area (Å²) >= 11 is 0. The van der Waals surface area contributed by atoms with E-state index < -0.39 is 0 Å². The third kappa shape index (κ3) is 3.71. The predicted octanol–water partition coefficient (Wildman–Crippen LogP) is 2.31. The zero-order chi connectivity index (χ0) is 13.7. The standard InChI is InChI=1S/C14H18FN2P/c1-9(4-7-14(16)10(2)17-3)12-6-5-11(18)8-13(12)15/h4-8,17H,2,16,18H2,1,3H3/b9-4+,14-7+. The highest BCUT2D eigenvalue weighted by Gasteiger charge is 2.03. The van der Waals surface area contributed by atoms with E-state index in [2.05, 4.69) is 21.1 Å². The number of rotatable bonds is 4. The Morgan fingerprint density at radius 2 is 2.11 bits per heavy atom. The summed E-state index contributed by atoms with van der Waals surface area (Å²) < 4.78 is 13.7. The lowest BCUT2D eigenvalue weighted by Gasteiger charge is -2.05. The lowest BCUT2D eigenvalue weighted by molar-refractivity contribution is 0.625. The molecule has 0 fully saturated rings. The Kier molecular flexibility index (Phi) is 5.11. The average Bonchev–Trinajstić information content (AvgIpc) is 2.34. The maximum Gasteiger partial charge on any atom is 0.131 e. The summed E-state index contributed by atoms with van der Waals surface area (Å²) in [5.41, 5.74) is 8.32. The maximum absolute atomic E-state index is 13.7. The molecule has 1 aromatic carbocycles. The van der Waals surface area contributed by atoms with Crippen LogP contribution < -0.4 is 16.4 Å². The van der Waals surface area contributed by atoms with Crippen LogP contribution in [-0.2, 0) is 0 Å². The average molecular weight is 264 g/mol. The second-order valence-electron chi connectivity index (χ2n) is 3.94. The van der Waals surface area contributed by atoms with E-state index in [1.54, 1.807) is 25.3 Å². The molecule has 18 heavy (non-hydrogen) atoms. The van der Waals surface area contributed by atoms with Gasteiger partial charge in [0.1, 0.15) is 5.82 Å². The minimum atomic E-state index is -0.240. The monoisotopic (exact) mass is 264 g/mol. The van der Waals surface area contributed by atoms with Crippen molar-refractivity contribution in [1.82, 2.24) is 5.32 Å². The Balaban J connectivity index is 3.00. The first-order chi connectivity index (χ1) is 8.45. The summed E-state index contributed by atoms with van der Waals surface area (Å²) in [7, 11) is 4.21. The van der Waals surface area contributed by atoms with Crippen LogP contribution in [0.4, 0.5) is 4.39 Å². The molecule has 1 unspecified atom stereocenters. The van der Waals surface area contributed by atoms with Crippen LogP contribution in [0.25, 0.3) is 5.57 Å². The number of hydrogen-bond acceptors (Lipinski definition) is 2. The summed E-state index contributed by atoms with van der Waals surface area (Å²) in [5, 5.41) is 3.68. The second-order valence-corrected chi connectivity index (χ2v) is 4.61. The third-order valence-corrected chi connectivity index (χ3v) is 2.94. The van der Waals surface area contributed by atoms with Gasteiger partial charge in [-0.3, -0.25) is 0 Å². The van der Waals surface area contributed by atoms with Gasteiger partial charge >= 0.3 is 0 Å².